The maximum atomic E-state index is 13.1. The van der Waals surface area contributed by atoms with Crippen LogP contribution in [0, 0.1) is 0 Å². The van der Waals surface area contributed by atoms with Crippen LogP contribution in [0.25, 0.3) is 9.81 Å². The molecule has 0 heterocycles. The van der Waals surface area contributed by atoms with Crippen LogP contribution in [-0.4, -0.2) is 0 Å². The van der Waals surface area contributed by atoms with Crippen LogP contribution in [0.15, 0.2) is 72.8 Å². The highest BCUT2D eigenvalue weighted by Gasteiger charge is 2.18. The molecule has 2 rings (SSSR count). The van der Waals surface area contributed by atoms with E-state index in [2.05, 4.69) is 0 Å². The standard InChI is InChI=1S/C16H10F4S/c17-15(18)13(11-7-3-1-4-8-11)21-14(16(19)20)12-9-5-2-6-10-12/h1-10H. The van der Waals surface area contributed by atoms with Crippen molar-refractivity contribution in [2.24, 2.45) is 0 Å². The number of hydrogen-bond acceptors (Lipinski definition) is 1. The molecule has 21 heavy (non-hydrogen) atoms. The Bertz CT molecular complexity index is 596. The van der Waals surface area contributed by atoms with Gasteiger partial charge in [-0.2, -0.15) is 17.6 Å². The molecule has 0 saturated heterocycles. The first kappa shape index (κ1) is 15.4. The molecule has 2 aromatic carbocycles. The summed E-state index contributed by atoms with van der Waals surface area (Å²) in [7, 11) is 0. The van der Waals surface area contributed by atoms with E-state index >= 15 is 0 Å². The van der Waals surface area contributed by atoms with E-state index in [4.69, 9.17) is 0 Å². The van der Waals surface area contributed by atoms with Crippen LogP contribution >= 0.6 is 11.8 Å². The lowest BCUT2D eigenvalue weighted by atomic mass is 10.2. The van der Waals surface area contributed by atoms with Gasteiger partial charge in [0.25, 0.3) is 12.2 Å². The first-order valence-corrected chi connectivity index (χ1v) is 6.80. The number of halogens is 4. The number of rotatable bonds is 4. The fourth-order valence-electron chi connectivity index (χ4n) is 1.69. The third kappa shape index (κ3) is 3.98. The molecule has 0 saturated carbocycles. The van der Waals surface area contributed by atoms with Crippen LogP contribution in [0.1, 0.15) is 11.1 Å². The van der Waals surface area contributed by atoms with Crippen LogP contribution in [-0.2, 0) is 0 Å². The molecule has 0 amide bonds. The predicted molar refractivity (Wildman–Crippen MR) is 78.7 cm³/mol. The van der Waals surface area contributed by atoms with E-state index < -0.39 is 22.0 Å². The highest BCUT2D eigenvalue weighted by Crippen LogP contribution is 2.43. The molecule has 0 unspecified atom stereocenters. The van der Waals surface area contributed by atoms with E-state index in [1.807, 2.05) is 0 Å². The molecular formula is C16H10F4S. The van der Waals surface area contributed by atoms with E-state index in [1.165, 1.54) is 24.3 Å². The van der Waals surface area contributed by atoms with Crippen molar-refractivity contribution in [3.8, 4) is 0 Å². The summed E-state index contributed by atoms with van der Waals surface area (Å²) in [6.45, 7) is 0. The smallest absolute Gasteiger partial charge is 0.172 e. The highest BCUT2D eigenvalue weighted by atomic mass is 32.2. The van der Waals surface area contributed by atoms with Crippen LogP contribution in [0.4, 0.5) is 17.6 Å². The average Bonchev–Trinajstić information content (AvgIpc) is 2.49. The summed E-state index contributed by atoms with van der Waals surface area (Å²) < 4.78 is 52.5. The second-order valence-electron chi connectivity index (χ2n) is 4.01. The normalized spacial score (nSPS) is 10.1. The zero-order valence-corrected chi connectivity index (χ0v) is 11.5. The van der Waals surface area contributed by atoms with Gasteiger partial charge in [-0.25, -0.2) is 0 Å². The maximum Gasteiger partial charge on any atom is 0.284 e. The summed E-state index contributed by atoms with van der Waals surface area (Å²) in [6.07, 6.45) is -3.97. The fraction of sp³-hybridized carbons (Fsp3) is 0. The minimum absolute atomic E-state index is 0.206. The summed E-state index contributed by atoms with van der Waals surface area (Å²) in [5, 5.41) is 0. The Labute approximate surface area is 123 Å². The molecule has 108 valence electrons. The molecule has 0 atom stereocenters. The first-order chi connectivity index (χ1) is 10.1. The van der Waals surface area contributed by atoms with Gasteiger partial charge in [-0.15, -0.1) is 0 Å². The summed E-state index contributed by atoms with van der Waals surface area (Å²) in [4.78, 5) is -0.940. The zero-order chi connectivity index (χ0) is 15.2. The summed E-state index contributed by atoms with van der Waals surface area (Å²) in [6, 6.07) is 15.5. The molecule has 0 aliphatic rings. The lowest BCUT2D eigenvalue weighted by Crippen LogP contribution is -1.86. The Morgan fingerprint density at radius 2 is 0.905 bits per heavy atom. The van der Waals surface area contributed by atoms with Crippen molar-refractivity contribution in [1.82, 2.24) is 0 Å². The van der Waals surface area contributed by atoms with Gasteiger partial charge in [0.15, 0.2) is 0 Å². The quantitative estimate of drug-likeness (QED) is 0.601. The molecule has 0 radical (unpaired) electrons. The van der Waals surface area contributed by atoms with E-state index in [0.717, 1.165) is 0 Å². The molecule has 0 aromatic heterocycles. The van der Waals surface area contributed by atoms with Gasteiger partial charge in [0.05, 0.1) is 9.81 Å². The largest absolute Gasteiger partial charge is 0.284 e. The van der Waals surface area contributed by atoms with E-state index in [9.17, 15) is 17.6 Å². The van der Waals surface area contributed by atoms with Crippen LogP contribution in [0.2, 0.25) is 0 Å². The zero-order valence-electron chi connectivity index (χ0n) is 10.7. The van der Waals surface area contributed by atoms with Gasteiger partial charge in [0, 0.05) is 0 Å². The third-order valence-electron chi connectivity index (χ3n) is 2.62. The second-order valence-corrected chi connectivity index (χ2v) is 5.03. The second kappa shape index (κ2) is 7.13. The van der Waals surface area contributed by atoms with Gasteiger partial charge in [-0.05, 0) is 11.1 Å². The van der Waals surface area contributed by atoms with E-state index in [1.54, 1.807) is 36.4 Å². The Kier molecular flexibility index (Phi) is 5.22. The third-order valence-corrected chi connectivity index (χ3v) is 3.81. The monoisotopic (exact) mass is 310 g/mol. The summed E-state index contributed by atoms with van der Waals surface area (Å²) in [5.41, 5.74) is 0.411. The maximum absolute atomic E-state index is 13.1. The van der Waals surface area contributed by atoms with Gasteiger partial charge in [-0.1, -0.05) is 72.4 Å². The Morgan fingerprint density at radius 1 is 0.571 bits per heavy atom. The molecule has 5 heteroatoms. The van der Waals surface area contributed by atoms with Crippen molar-refractivity contribution in [2.45, 2.75) is 0 Å². The molecule has 0 aliphatic carbocycles. The summed E-state index contributed by atoms with van der Waals surface area (Å²) in [5.74, 6) is 0. The molecule has 0 bridgehead atoms. The Hall–Kier alpha value is -2.01. The van der Waals surface area contributed by atoms with Crippen LogP contribution < -0.4 is 0 Å². The molecule has 0 N–H and O–H groups in total. The lowest BCUT2D eigenvalue weighted by Gasteiger charge is -2.09. The Balaban J connectivity index is 2.41. The lowest BCUT2D eigenvalue weighted by molar-refractivity contribution is 0.428. The van der Waals surface area contributed by atoms with Gasteiger partial charge in [0.2, 0.25) is 0 Å². The highest BCUT2D eigenvalue weighted by molar-refractivity contribution is 8.16. The fourth-order valence-corrected chi connectivity index (χ4v) is 2.56. The van der Waals surface area contributed by atoms with Crippen molar-refractivity contribution in [3.63, 3.8) is 0 Å². The molecule has 2 aromatic rings. The topological polar surface area (TPSA) is 0 Å². The minimum Gasteiger partial charge on any atom is -0.172 e. The van der Waals surface area contributed by atoms with Gasteiger partial charge in [0.1, 0.15) is 0 Å². The number of thioether (sulfide) groups is 1. The minimum atomic E-state index is -1.99. The average molecular weight is 310 g/mol. The summed E-state index contributed by atoms with van der Waals surface area (Å²) >= 11 is 0.371. The van der Waals surface area contributed by atoms with Gasteiger partial charge in [-0.3, -0.25) is 0 Å². The molecule has 0 aliphatic heterocycles. The number of hydrogen-bond donors (Lipinski definition) is 0. The number of benzene rings is 2. The molecule has 0 nitrogen and oxygen atoms in total. The van der Waals surface area contributed by atoms with Gasteiger partial charge < -0.3 is 0 Å². The molecular weight excluding hydrogens is 300 g/mol. The Morgan fingerprint density at radius 3 is 1.19 bits per heavy atom. The first-order valence-electron chi connectivity index (χ1n) is 5.99. The van der Waals surface area contributed by atoms with Crippen molar-refractivity contribution < 1.29 is 17.6 Å². The van der Waals surface area contributed by atoms with E-state index in [0.29, 0.717) is 11.8 Å². The molecule has 0 spiro atoms. The predicted octanol–water partition coefficient (Wildman–Crippen LogP) is 6.25. The van der Waals surface area contributed by atoms with Crippen LogP contribution in [0.5, 0.6) is 0 Å². The van der Waals surface area contributed by atoms with Crippen molar-refractivity contribution in [2.75, 3.05) is 0 Å². The van der Waals surface area contributed by atoms with Gasteiger partial charge >= 0.3 is 0 Å². The van der Waals surface area contributed by atoms with Crippen molar-refractivity contribution in [3.05, 3.63) is 84.0 Å². The van der Waals surface area contributed by atoms with Crippen LogP contribution in [0.3, 0.4) is 0 Å². The molecule has 0 fully saturated rings. The van der Waals surface area contributed by atoms with E-state index in [-0.39, 0.29) is 11.1 Å². The SMILES string of the molecule is FC(F)=C(SC(=C(F)F)c1ccccc1)c1ccccc1. The van der Waals surface area contributed by atoms with Crippen molar-refractivity contribution >= 4 is 21.6 Å². The van der Waals surface area contributed by atoms with Crippen molar-refractivity contribution in [1.29, 1.82) is 0 Å².